The molecule has 0 unspecified atom stereocenters. The molecule has 1 saturated heterocycles. The quantitative estimate of drug-likeness (QED) is 0.828. The first kappa shape index (κ1) is 17.8. The van der Waals surface area contributed by atoms with Crippen LogP contribution in [-0.4, -0.2) is 51.1 Å². The molecule has 3 rings (SSSR count). The highest BCUT2D eigenvalue weighted by Gasteiger charge is 2.29. The maximum absolute atomic E-state index is 12.8. The van der Waals surface area contributed by atoms with E-state index < -0.39 is 0 Å². The minimum absolute atomic E-state index is 0.0906. The van der Waals surface area contributed by atoms with Crippen molar-refractivity contribution in [2.24, 2.45) is 0 Å². The van der Waals surface area contributed by atoms with Gasteiger partial charge in [-0.15, -0.1) is 0 Å². The minimum atomic E-state index is -0.176. The molecule has 0 spiro atoms. The molecule has 136 valence electrons. The summed E-state index contributed by atoms with van der Waals surface area (Å²) in [4.78, 5) is 12.8. The standard InChI is InChI=1S/C19H25NO5/c1-13(2)6-9-23-17-12-22-8-7-15(17)20-19(21)14-4-3-5-16-18(14)25-11-10-24-16/h3-6,15,17H,7-12H2,1-2H3,(H,20,21)/t15-,17-/m1/s1. The van der Waals surface area contributed by atoms with Crippen molar-refractivity contribution in [3.05, 3.63) is 35.4 Å². The molecule has 0 bridgehead atoms. The summed E-state index contributed by atoms with van der Waals surface area (Å²) < 4.78 is 22.6. The lowest BCUT2D eigenvalue weighted by molar-refractivity contribution is -0.0589. The van der Waals surface area contributed by atoms with Crippen LogP contribution in [0.3, 0.4) is 0 Å². The van der Waals surface area contributed by atoms with E-state index in [2.05, 4.69) is 5.32 Å². The molecule has 0 radical (unpaired) electrons. The van der Waals surface area contributed by atoms with Gasteiger partial charge in [0.1, 0.15) is 19.3 Å². The van der Waals surface area contributed by atoms with Gasteiger partial charge in [-0.25, -0.2) is 0 Å². The Morgan fingerprint density at radius 1 is 1.28 bits per heavy atom. The zero-order chi connectivity index (χ0) is 17.6. The van der Waals surface area contributed by atoms with Crippen LogP contribution < -0.4 is 14.8 Å². The molecule has 0 saturated carbocycles. The summed E-state index contributed by atoms with van der Waals surface area (Å²) in [5.74, 6) is 0.951. The van der Waals surface area contributed by atoms with E-state index in [9.17, 15) is 4.79 Å². The van der Waals surface area contributed by atoms with E-state index in [1.807, 2.05) is 26.0 Å². The van der Waals surface area contributed by atoms with Crippen LogP contribution in [0.25, 0.3) is 0 Å². The first-order valence-corrected chi connectivity index (χ1v) is 8.67. The van der Waals surface area contributed by atoms with E-state index in [1.165, 1.54) is 5.57 Å². The van der Waals surface area contributed by atoms with Gasteiger partial charge in [-0.05, 0) is 32.4 Å². The predicted octanol–water partition coefficient (Wildman–Crippen LogP) is 2.33. The highest BCUT2D eigenvalue weighted by molar-refractivity contribution is 5.98. The van der Waals surface area contributed by atoms with Gasteiger partial charge in [0.05, 0.1) is 24.8 Å². The topological polar surface area (TPSA) is 66.0 Å². The van der Waals surface area contributed by atoms with Crippen LogP contribution in [0.5, 0.6) is 11.5 Å². The van der Waals surface area contributed by atoms with Gasteiger partial charge >= 0.3 is 0 Å². The van der Waals surface area contributed by atoms with Crippen molar-refractivity contribution >= 4 is 5.91 Å². The second kappa shape index (κ2) is 8.36. The van der Waals surface area contributed by atoms with E-state index in [4.69, 9.17) is 18.9 Å². The molecular formula is C19H25NO5. The number of ether oxygens (including phenoxy) is 4. The third kappa shape index (κ3) is 4.52. The molecule has 1 N–H and O–H groups in total. The number of benzene rings is 1. The number of hydrogen-bond acceptors (Lipinski definition) is 5. The highest BCUT2D eigenvalue weighted by atomic mass is 16.6. The number of nitrogens with one attached hydrogen (secondary N) is 1. The molecule has 2 atom stereocenters. The van der Waals surface area contributed by atoms with Gasteiger partial charge in [0, 0.05) is 6.61 Å². The smallest absolute Gasteiger partial charge is 0.255 e. The Bertz CT molecular complexity index is 639. The number of allylic oxidation sites excluding steroid dienone is 1. The summed E-state index contributed by atoms with van der Waals surface area (Å²) in [6.07, 6.45) is 2.58. The molecule has 2 heterocycles. The Hall–Kier alpha value is -2.05. The van der Waals surface area contributed by atoms with Crippen LogP contribution in [0.15, 0.2) is 29.8 Å². The van der Waals surface area contributed by atoms with Crippen LogP contribution in [0.4, 0.5) is 0 Å². The summed E-state index contributed by atoms with van der Waals surface area (Å²) in [7, 11) is 0. The first-order chi connectivity index (χ1) is 12.1. The molecule has 1 aromatic carbocycles. The zero-order valence-electron chi connectivity index (χ0n) is 14.7. The van der Waals surface area contributed by atoms with E-state index in [1.54, 1.807) is 12.1 Å². The van der Waals surface area contributed by atoms with Gasteiger partial charge in [-0.2, -0.15) is 0 Å². The average Bonchev–Trinajstić information content (AvgIpc) is 2.62. The normalized spacial score (nSPS) is 22.2. The molecule has 1 aromatic rings. The van der Waals surface area contributed by atoms with Crippen LogP contribution in [0, 0.1) is 0 Å². The number of rotatable bonds is 5. The van der Waals surface area contributed by atoms with Crippen LogP contribution in [0.1, 0.15) is 30.6 Å². The van der Waals surface area contributed by atoms with E-state index in [0.29, 0.717) is 50.1 Å². The summed E-state index contributed by atoms with van der Waals surface area (Å²) >= 11 is 0. The van der Waals surface area contributed by atoms with Gasteiger partial charge in [-0.1, -0.05) is 17.7 Å². The Morgan fingerprint density at radius 2 is 2.12 bits per heavy atom. The van der Waals surface area contributed by atoms with Gasteiger partial charge in [0.2, 0.25) is 0 Å². The van der Waals surface area contributed by atoms with Crippen molar-refractivity contribution in [2.45, 2.75) is 32.4 Å². The van der Waals surface area contributed by atoms with Gasteiger partial charge in [0.15, 0.2) is 11.5 Å². The SMILES string of the molecule is CC(C)=CCO[C@@H]1COCC[C@H]1NC(=O)c1cccc2c1OCCO2. The van der Waals surface area contributed by atoms with Crippen molar-refractivity contribution in [2.75, 3.05) is 33.0 Å². The Balaban J connectivity index is 1.67. The van der Waals surface area contributed by atoms with Crippen molar-refractivity contribution in [1.29, 1.82) is 0 Å². The molecular weight excluding hydrogens is 322 g/mol. The number of carbonyl (C=O) groups is 1. The van der Waals surface area contributed by atoms with Crippen molar-refractivity contribution in [1.82, 2.24) is 5.32 Å². The molecule has 6 heteroatoms. The minimum Gasteiger partial charge on any atom is -0.486 e. The molecule has 0 aliphatic carbocycles. The zero-order valence-corrected chi connectivity index (χ0v) is 14.7. The lowest BCUT2D eigenvalue weighted by Gasteiger charge is -2.32. The lowest BCUT2D eigenvalue weighted by atomic mass is 10.0. The van der Waals surface area contributed by atoms with Crippen molar-refractivity contribution in [3.8, 4) is 11.5 Å². The van der Waals surface area contributed by atoms with E-state index in [-0.39, 0.29) is 18.1 Å². The number of hydrogen-bond donors (Lipinski definition) is 1. The molecule has 1 amide bonds. The predicted molar refractivity (Wildman–Crippen MR) is 93.3 cm³/mol. The van der Waals surface area contributed by atoms with Gasteiger partial charge in [0.25, 0.3) is 5.91 Å². The maximum Gasteiger partial charge on any atom is 0.255 e. The second-order valence-electron chi connectivity index (χ2n) is 6.43. The third-order valence-corrected chi connectivity index (χ3v) is 4.23. The number of para-hydroxylation sites is 1. The first-order valence-electron chi connectivity index (χ1n) is 8.67. The van der Waals surface area contributed by atoms with Gasteiger partial charge < -0.3 is 24.3 Å². The maximum atomic E-state index is 12.8. The summed E-state index contributed by atoms with van der Waals surface area (Å²) in [5, 5.41) is 3.07. The van der Waals surface area contributed by atoms with Crippen molar-refractivity contribution in [3.63, 3.8) is 0 Å². The van der Waals surface area contributed by atoms with Crippen LogP contribution in [0.2, 0.25) is 0 Å². The van der Waals surface area contributed by atoms with E-state index >= 15 is 0 Å². The number of carbonyl (C=O) groups excluding carboxylic acids is 1. The summed E-state index contributed by atoms with van der Waals surface area (Å²) in [5.41, 5.74) is 1.69. The fourth-order valence-corrected chi connectivity index (χ4v) is 2.88. The van der Waals surface area contributed by atoms with Crippen molar-refractivity contribution < 1.29 is 23.7 Å². The monoisotopic (exact) mass is 347 g/mol. The van der Waals surface area contributed by atoms with E-state index in [0.717, 1.165) is 6.42 Å². The van der Waals surface area contributed by atoms with Crippen LogP contribution >= 0.6 is 0 Å². The largest absolute Gasteiger partial charge is 0.486 e. The summed E-state index contributed by atoms with van der Waals surface area (Å²) in [6, 6.07) is 5.27. The molecule has 1 fully saturated rings. The molecule has 0 aromatic heterocycles. The van der Waals surface area contributed by atoms with Gasteiger partial charge in [-0.3, -0.25) is 4.79 Å². The second-order valence-corrected chi connectivity index (χ2v) is 6.43. The molecule has 6 nitrogen and oxygen atoms in total. The van der Waals surface area contributed by atoms with Crippen LogP contribution in [-0.2, 0) is 9.47 Å². The fraction of sp³-hybridized carbons (Fsp3) is 0.526. The molecule has 2 aliphatic rings. The highest BCUT2D eigenvalue weighted by Crippen LogP contribution is 2.33. The molecule has 2 aliphatic heterocycles. The molecule has 25 heavy (non-hydrogen) atoms. The Labute approximate surface area is 148 Å². The number of fused-ring (bicyclic) bond motifs is 1. The average molecular weight is 347 g/mol. The Kier molecular flexibility index (Phi) is 5.94. The fourth-order valence-electron chi connectivity index (χ4n) is 2.88. The Morgan fingerprint density at radius 3 is 2.96 bits per heavy atom. The third-order valence-electron chi connectivity index (χ3n) is 4.23. The lowest BCUT2D eigenvalue weighted by Crippen LogP contribution is -2.50. The number of amides is 1. The summed E-state index contributed by atoms with van der Waals surface area (Å²) in [6.45, 7) is 6.61.